The Balaban J connectivity index is 2.44. The fraction of sp³-hybridized carbons (Fsp3) is 0.833. The number of aliphatic hydroxyl groups is 1. The van der Waals surface area contributed by atoms with Gasteiger partial charge in [-0.3, -0.25) is 4.90 Å². The van der Waals surface area contributed by atoms with Crippen LogP contribution >= 0.6 is 0 Å². The van der Waals surface area contributed by atoms with Crippen LogP contribution in [0.5, 0.6) is 0 Å². The van der Waals surface area contributed by atoms with E-state index in [1.165, 1.54) is 0 Å². The van der Waals surface area contributed by atoms with Crippen LogP contribution in [0.2, 0.25) is 0 Å². The summed E-state index contributed by atoms with van der Waals surface area (Å²) < 4.78 is 0. The maximum Gasteiger partial charge on any atom is 0.0758 e. The lowest BCUT2D eigenvalue weighted by Crippen LogP contribution is -2.26. The molecule has 0 bridgehead atoms. The molecule has 1 aliphatic rings. The molecule has 1 radical (unpaired) electrons. The average Bonchev–Trinajstić information content (AvgIpc) is 1.82. The maximum absolute atomic E-state index is 9.28. The van der Waals surface area contributed by atoms with Crippen LogP contribution in [-0.4, -0.2) is 28.7 Å². The van der Waals surface area contributed by atoms with Gasteiger partial charge in [-0.2, -0.15) is 0 Å². The van der Waals surface area contributed by atoms with Crippen LogP contribution in [0.1, 0.15) is 13.3 Å². The van der Waals surface area contributed by atoms with Gasteiger partial charge >= 0.3 is 0 Å². The average molecular weight is 114 g/mol. The summed E-state index contributed by atoms with van der Waals surface area (Å²) in [6.45, 7) is 3.48. The summed E-state index contributed by atoms with van der Waals surface area (Å²) in [6.07, 6.45) is 0.858. The highest BCUT2D eigenvalue weighted by atomic mass is 16.3. The van der Waals surface area contributed by atoms with E-state index in [2.05, 4.69) is 7.05 Å². The molecular formula is C6H12NO. The fourth-order valence-electron chi connectivity index (χ4n) is 1.04. The summed E-state index contributed by atoms with van der Waals surface area (Å²) in [4.78, 5) is 1.89. The smallest absolute Gasteiger partial charge is 0.0758 e. The van der Waals surface area contributed by atoms with E-state index in [1.54, 1.807) is 0 Å². The molecule has 1 heterocycles. The van der Waals surface area contributed by atoms with Crippen molar-refractivity contribution in [1.82, 2.24) is 4.90 Å². The third kappa shape index (κ3) is 1.20. The molecule has 8 heavy (non-hydrogen) atoms. The molecule has 0 spiro atoms. The molecule has 0 aromatic rings. The van der Waals surface area contributed by atoms with Crippen LogP contribution in [0.15, 0.2) is 0 Å². The molecule has 1 saturated heterocycles. The summed E-state index contributed by atoms with van der Waals surface area (Å²) in [5.41, 5.74) is -0.470. The van der Waals surface area contributed by atoms with Gasteiger partial charge in [-0.1, -0.05) is 0 Å². The van der Waals surface area contributed by atoms with Crippen LogP contribution in [-0.2, 0) is 0 Å². The second kappa shape index (κ2) is 1.71. The van der Waals surface area contributed by atoms with Gasteiger partial charge < -0.3 is 5.11 Å². The molecule has 47 valence electrons. The second-order valence-electron chi connectivity index (χ2n) is 2.80. The van der Waals surface area contributed by atoms with E-state index in [4.69, 9.17) is 0 Å². The van der Waals surface area contributed by atoms with Crippen molar-refractivity contribution in [3.63, 3.8) is 0 Å². The molecule has 0 saturated carbocycles. The van der Waals surface area contributed by atoms with Gasteiger partial charge in [-0.25, -0.2) is 0 Å². The molecule has 1 fully saturated rings. The van der Waals surface area contributed by atoms with Crippen molar-refractivity contribution in [3.8, 4) is 0 Å². The fourth-order valence-corrected chi connectivity index (χ4v) is 1.04. The van der Waals surface area contributed by atoms with Crippen LogP contribution in [0.4, 0.5) is 0 Å². The first kappa shape index (κ1) is 6.05. The minimum atomic E-state index is -0.470. The molecular weight excluding hydrogens is 102 g/mol. The molecule has 0 amide bonds. The lowest BCUT2D eigenvalue weighted by atomic mass is 10.1. The third-order valence-corrected chi connectivity index (χ3v) is 1.53. The molecule has 1 rings (SSSR count). The molecule has 0 aromatic heterocycles. The molecule has 1 atom stereocenters. The van der Waals surface area contributed by atoms with Crippen LogP contribution in [0, 0.1) is 7.05 Å². The van der Waals surface area contributed by atoms with E-state index < -0.39 is 5.60 Å². The van der Waals surface area contributed by atoms with Crippen LogP contribution < -0.4 is 0 Å². The second-order valence-corrected chi connectivity index (χ2v) is 2.80. The monoisotopic (exact) mass is 114 g/mol. The highest BCUT2D eigenvalue weighted by Gasteiger charge is 2.28. The first-order valence-corrected chi connectivity index (χ1v) is 2.88. The minimum absolute atomic E-state index is 0.470. The predicted octanol–water partition coefficient (Wildman–Crippen LogP) is 0.235. The zero-order valence-electron chi connectivity index (χ0n) is 5.22. The zero-order valence-corrected chi connectivity index (χ0v) is 5.22. The summed E-state index contributed by atoms with van der Waals surface area (Å²) in [5, 5.41) is 9.28. The van der Waals surface area contributed by atoms with Crippen LogP contribution in [0.25, 0.3) is 0 Å². The van der Waals surface area contributed by atoms with Crippen molar-refractivity contribution in [2.75, 3.05) is 13.1 Å². The Morgan fingerprint density at radius 1 is 1.75 bits per heavy atom. The molecule has 1 unspecified atom stereocenters. The summed E-state index contributed by atoms with van der Waals surface area (Å²) in [6, 6.07) is 0. The van der Waals surface area contributed by atoms with Crippen LogP contribution in [0.3, 0.4) is 0 Å². The largest absolute Gasteiger partial charge is 0.389 e. The van der Waals surface area contributed by atoms with Gasteiger partial charge in [0.05, 0.1) is 5.60 Å². The highest BCUT2D eigenvalue weighted by molar-refractivity contribution is 4.85. The Kier molecular flexibility index (Phi) is 1.29. The molecule has 1 aliphatic heterocycles. The molecule has 0 aliphatic carbocycles. The van der Waals surface area contributed by atoms with E-state index >= 15 is 0 Å². The Hall–Kier alpha value is -0.0800. The van der Waals surface area contributed by atoms with Crippen molar-refractivity contribution in [1.29, 1.82) is 0 Å². The lowest BCUT2D eigenvalue weighted by Gasteiger charge is -2.14. The highest BCUT2D eigenvalue weighted by Crippen LogP contribution is 2.18. The Morgan fingerprint density at radius 2 is 2.38 bits per heavy atom. The van der Waals surface area contributed by atoms with E-state index in [9.17, 15) is 5.11 Å². The molecule has 2 nitrogen and oxygen atoms in total. The number of hydrogen-bond donors (Lipinski definition) is 1. The number of nitrogens with zero attached hydrogens (tertiary/aromatic N) is 1. The molecule has 0 aromatic carbocycles. The van der Waals surface area contributed by atoms with Gasteiger partial charge in [-0.15, -0.1) is 0 Å². The van der Waals surface area contributed by atoms with Crippen molar-refractivity contribution in [2.24, 2.45) is 0 Å². The SMILES string of the molecule is [CH2]N1CCC(C)(O)C1. The van der Waals surface area contributed by atoms with E-state index in [0.717, 1.165) is 13.0 Å². The number of β-amino-alcohol motifs (C(OH)–C–C–N with tert-alkyl or cyclic N) is 1. The van der Waals surface area contributed by atoms with Crippen molar-refractivity contribution in [3.05, 3.63) is 7.05 Å². The van der Waals surface area contributed by atoms with Gasteiger partial charge in [0.25, 0.3) is 0 Å². The predicted molar refractivity (Wildman–Crippen MR) is 32.2 cm³/mol. The normalized spacial score (nSPS) is 40.9. The van der Waals surface area contributed by atoms with Gasteiger partial charge in [0.15, 0.2) is 0 Å². The van der Waals surface area contributed by atoms with Crippen molar-refractivity contribution >= 4 is 0 Å². The quantitative estimate of drug-likeness (QED) is 0.487. The third-order valence-electron chi connectivity index (χ3n) is 1.53. The van der Waals surface area contributed by atoms with E-state index in [1.807, 2.05) is 11.8 Å². The summed E-state index contributed by atoms with van der Waals surface area (Å²) in [7, 11) is 3.71. The first-order valence-electron chi connectivity index (χ1n) is 2.88. The first-order chi connectivity index (χ1) is 3.60. The summed E-state index contributed by atoms with van der Waals surface area (Å²) >= 11 is 0. The molecule has 2 heteroatoms. The van der Waals surface area contributed by atoms with Gasteiger partial charge in [0.1, 0.15) is 0 Å². The maximum atomic E-state index is 9.28. The van der Waals surface area contributed by atoms with Gasteiger partial charge in [-0.05, 0) is 13.3 Å². The van der Waals surface area contributed by atoms with E-state index in [0.29, 0.717) is 6.54 Å². The Bertz CT molecular complexity index is 90.5. The topological polar surface area (TPSA) is 23.5 Å². The Labute approximate surface area is 50.1 Å². The van der Waals surface area contributed by atoms with Gasteiger partial charge in [0, 0.05) is 20.1 Å². The van der Waals surface area contributed by atoms with E-state index in [-0.39, 0.29) is 0 Å². The van der Waals surface area contributed by atoms with Crippen molar-refractivity contribution in [2.45, 2.75) is 18.9 Å². The number of likely N-dealkylation sites (tertiary alicyclic amines) is 1. The minimum Gasteiger partial charge on any atom is -0.389 e. The number of hydrogen-bond acceptors (Lipinski definition) is 2. The summed E-state index contributed by atoms with van der Waals surface area (Å²) in [5.74, 6) is 0. The Morgan fingerprint density at radius 3 is 2.50 bits per heavy atom. The lowest BCUT2D eigenvalue weighted by molar-refractivity contribution is 0.0735. The van der Waals surface area contributed by atoms with Gasteiger partial charge in [0.2, 0.25) is 0 Å². The zero-order chi connectivity index (χ0) is 6.20. The van der Waals surface area contributed by atoms with Crippen molar-refractivity contribution < 1.29 is 5.11 Å². The standard InChI is InChI=1S/C6H12NO/c1-6(8)3-4-7(2)5-6/h8H,2-5H2,1H3. The molecule has 1 N–H and O–H groups in total. The number of rotatable bonds is 0.